The first kappa shape index (κ1) is 14.3. The number of primary sulfonamides is 1. The molecular weight excluding hydrogens is 298 g/mol. The van der Waals surface area contributed by atoms with Crippen molar-refractivity contribution in [3.8, 4) is 17.2 Å². The van der Waals surface area contributed by atoms with Gasteiger partial charge in [-0.25, -0.2) is 13.6 Å². The number of aromatic nitrogens is 1. The summed E-state index contributed by atoms with van der Waals surface area (Å²) in [6, 6.07) is 15.3. The lowest BCUT2D eigenvalue weighted by atomic mass is 10.0. The molecule has 0 spiro atoms. The zero-order valence-corrected chi connectivity index (χ0v) is 12.4. The minimum absolute atomic E-state index is 0.0958. The van der Waals surface area contributed by atoms with E-state index in [2.05, 4.69) is 11.1 Å². The van der Waals surface area contributed by atoms with Gasteiger partial charge in [-0.1, -0.05) is 36.4 Å². The van der Waals surface area contributed by atoms with Gasteiger partial charge in [0.15, 0.2) is 0 Å². The summed E-state index contributed by atoms with van der Waals surface area (Å²) < 4.78 is 23.0. The Bertz CT molecular complexity index is 980. The van der Waals surface area contributed by atoms with Crippen molar-refractivity contribution in [2.24, 2.45) is 5.14 Å². The lowest BCUT2D eigenvalue weighted by molar-refractivity contribution is 0.598. The quantitative estimate of drug-likeness (QED) is 0.777. The SMILES string of the molecule is N#CCc1ccc(-c2ccc3c(S(N)(=O)=O)c[nH]c3c2)cc1. The van der Waals surface area contributed by atoms with Gasteiger partial charge in [-0.05, 0) is 22.8 Å². The predicted octanol–water partition coefficient (Wildman–Crippen LogP) is 2.55. The van der Waals surface area contributed by atoms with Crippen molar-refractivity contribution in [1.82, 2.24) is 4.98 Å². The minimum atomic E-state index is -3.74. The van der Waals surface area contributed by atoms with E-state index in [9.17, 15) is 8.42 Å². The highest BCUT2D eigenvalue weighted by molar-refractivity contribution is 7.89. The van der Waals surface area contributed by atoms with E-state index >= 15 is 0 Å². The summed E-state index contributed by atoms with van der Waals surface area (Å²) in [5.74, 6) is 0. The topological polar surface area (TPSA) is 99.7 Å². The number of benzene rings is 2. The molecule has 0 unspecified atom stereocenters. The lowest BCUT2D eigenvalue weighted by Crippen LogP contribution is -2.11. The summed E-state index contributed by atoms with van der Waals surface area (Å²) in [7, 11) is -3.74. The molecule has 3 aromatic rings. The molecule has 1 heterocycles. The van der Waals surface area contributed by atoms with E-state index < -0.39 is 10.0 Å². The first-order chi connectivity index (χ1) is 10.5. The summed E-state index contributed by atoms with van der Waals surface area (Å²) in [6.45, 7) is 0. The number of aromatic amines is 1. The third kappa shape index (κ3) is 2.60. The van der Waals surface area contributed by atoms with E-state index in [1.165, 1.54) is 6.20 Å². The number of nitrogens with zero attached hydrogens (tertiary/aromatic N) is 1. The maximum atomic E-state index is 11.5. The van der Waals surface area contributed by atoms with Crippen molar-refractivity contribution in [2.45, 2.75) is 11.3 Å². The fourth-order valence-electron chi connectivity index (χ4n) is 2.42. The Balaban J connectivity index is 2.04. The molecule has 0 radical (unpaired) electrons. The number of nitriles is 1. The largest absolute Gasteiger partial charge is 0.360 e. The number of sulfonamides is 1. The maximum absolute atomic E-state index is 11.5. The molecule has 110 valence electrons. The van der Waals surface area contributed by atoms with Crippen LogP contribution in [-0.4, -0.2) is 13.4 Å². The van der Waals surface area contributed by atoms with Crippen LogP contribution in [0.1, 0.15) is 5.56 Å². The molecule has 0 bridgehead atoms. The first-order valence-corrected chi connectivity index (χ1v) is 8.14. The molecule has 0 saturated heterocycles. The zero-order valence-electron chi connectivity index (χ0n) is 11.6. The third-order valence-electron chi connectivity index (χ3n) is 3.52. The summed E-state index contributed by atoms with van der Waals surface area (Å²) in [5, 5.41) is 14.4. The normalized spacial score (nSPS) is 11.5. The molecule has 0 aliphatic heterocycles. The molecule has 3 rings (SSSR count). The van der Waals surface area contributed by atoms with Crippen LogP contribution in [0.4, 0.5) is 0 Å². The van der Waals surface area contributed by atoms with Gasteiger partial charge in [0.1, 0.15) is 4.90 Å². The second-order valence-electron chi connectivity index (χ2n) is 4.99. The Morgan fingerprint density at radius 1 is 1.09 bits per heavy atom. The fraction of sp³-hybridized carbons (Fsp3) is 0.0625. The van der Waals surface area contributed by atoms with Crippen molar-refractivity contribution in [2.75, 3.05) is 0 Å². The van der Waals surface area contributed by atoms with Crippen molar-refractivity contribution < 1.29 is 8.42 Å². The van der Waals surface area contributed by atoms with Crippen LogP contribution in [0.25, 0.3) is 22.0 Å². The summed E-state index contributed by atoms with van der Waals surface area (Å²) in [4.78, 5) is 3.03. The minimum Gasteiger partial charge on any atom is -0.360 e. The number of rotatable bonds is 3. The van der Waals surface area contributed by atoms with Crippen molar-refractivity contribution in [3.63, 3.8) is 0 Å². The smallest absolute Gasteiger partial charge is 0.240 e. The highest BCUT2D eigenvalue weighted by Crippen LogP contribution is 2.27. The van der Waals surface area contributed by atoms with E-state index in [1.807, 2.05) is 36.4 Å². The highest BCUT2D eigenvalue weighted by atomic mass is 32.2. The molecule has 0 amide bonds. The van der Waals surface area contributed by atoms with Gasteiger partial charge in [0.05, 0.1) is 12.5 Å². The van der Waals surface area contributed by atoms with Crippen molar-refractivity contribution in [3.05, 3.63) is 54.2 Å². The number of fused-ring (bicyclic) bond motifs is 1. The molecule has 5 nitrogen and oxygen atoms in total. The van der Waals surface area contributed by atoms with Gasteiger partial charge < -0.3 is 4.98 Å². The average molecular weight is 311 g/mol. The molecule has 0 fully saturated rings. The number of nitrogens with one attached hydrogen (secondary N) is 1. The zero-order chi connectivity index (χ0) is 15.7. The van der Waals surface area contributed by atoms with Crippen molar-refractivity contribution >= 4 is 20.9 Å². The van der Waals surface area contributed by atoms with Gasteiger partial charge in [0.25, 0.3) is 0 Å². The molecule has 6 heteroatoms. The van der Waals surface area contributed by atoms with Gasteiger partial charge in [0, 0.05) is 17.1 Å². The van der Waals surface area contributed by atoms with E-state index in [4.69, 9.17) is 10.4 Å². The summed E-state index contributed by atoms with van der Waals surface area (Å²) in [5.41, 5.74) is 3.63. The van der Waals surface area contributed by atoms with Gasteiger partial charge >= 0.3 is 0 Å². The molecule has 3 N–H and O–H groups in total. The first-order valence-electron chi connectivity index (χ1n) is 6.59. The molecule has 0 aliphatic rings. The monoisotopic (exact) mass is 311 g/mol. The lowest BCUT2D eigenvalue weighted by Gasteiger charge is -2.04. The predicted molar refractivity (Wildman–Crippen MR) is 84.4 cm³/mol. The fourth-order valence-corrected chi connectivity index (χ4v) is 3.13. The number of hydrogen-bond acceptors (Lipinski definition) is 3. The van der Waals surface area contributed by atoms with E-state index in [0.29, 0.717) is 17.3 Å². The standard InChI is InChI=1S/C16H13N3O2S/c17-8-7-11-1-3-12(4-2-11)13-5-6-14-15(9-13)19-10-16(14)22(18,20)21/h1-6,9-10,19H,7H2,(H2,18,20,21). The number of H-pyrrole nitrogens is 1. The van der Waals surface area contributed by atoms with E-state index in [1.54, 1.807) is 6.07 Å². The Labute approximate surface area is 128 Å². The molecule has 1 aromatic heterocycles. The van der Waals surface area contributed by atoms with Crippen LogP contribution in [0.5, 0.6) is 0 Å². The summed E-state index contributed by atoms with van der Waals surface area (Å²) >= 11 is 0. The molecule has 0 atom stereocenters. The van der Waals surface area contributed by atoms with Crippen LogP contribution >= 0.6 is 0 Å². The Morgan fingerprint density at radius 2 is 1.77 bits per heavy atom. The van der Waals surface area contributed by atoms with Crippen molar-refractivity contribution in [1.29, 1.82) is 5.26 Å². The number of nitrogens with two attached hydrogens (primary N) is 1. The van der Waals surface area contributed by atoms with Crippen LogP contribution < -0.4 is 5.14 Å². The van der Waals surface area contributed by atoms with Crippen LogP contribution in [0, 0.1) is 11.3 Å². The Kier molecular flexibility index (Phi) is 3.45. The maximum Gasteiger partial charge on any atom is 0.240 e. The highest BCUT2D eigenvalue weighted by Gasteiger charge is 2.14. The number of hydrogen-bond donors (Lipinski definition) is 2. The van der Waals surface area contributed by atoms with E-state index in [0.717, 1.165) is 16.7 Å². The molecule has 0 aliphatic carbocycles. The van der Waals surface area contributed by atoms with E-state index in [-0.39, 0.29) is 4.90 Å². The van der Waals surface area contributed by atoms with Gasteiger partial charge in [0.2, 0.25) is 10.0 Å². The van der Waals surface area contributed by atoms with Crippen LogP contribution in [-0.2, 0) is 16.4 Å². The van der Waals surface area contributed by atoms with Crippen LogP contribution in [0.15, 0.2) is 53.6 Å². The molecule has 0 saturated carbocycles. The van der Waals surface area contributed by atoms with Crippen LogP contribution in [0.2, 0.25) is 0 Å². The molecule has 2 aromatic carbocycles. The molecule has 22 heavy (non-hydrogen) atoms. The van der Waals surface area contributed by atoms with Crippen LogP contribution in [0.3, 0.4) is 0 Å². The summed E-state index contributed by atoms with van der Waals surface area (Å²) in [6.07, 6.45) is 1.79. The average Bonchev–Trinajstić information content (AvgIpc) is 2.91. The Hall–Kier alpha value is -2.62. The second kappa shape index (κ2) is 5.30. The molecular formula is C16H13N3O2S. The van der Waals surface area contributed by atoms with Gasteiger partial charge in [-0.15, -0.1) is 0 Å². The Morgan fingerprint density at radius 3 is 2.41 bits per heavy atom. The van der Waals surface area contributed by atoms with Gasteiger partial charge in [-0.2, -0.15) is 5.26 Å². The third-order valence-corrected chi connectivity index (χ3v) is 4.47. The van der Waals surface area contributed by atoms with Gasteiger partial charge in [-0.3, -0.25) is 0 Å². The second-order valence-corrected chi connectivity index (χ2v) is 6.52.